The second-order valence-corrected chi connectivity index (χ2v) is 5.76. The summed E-state index contributed by atoms with van der Waals surface area (Å²) >= 11 is 0. The number of carbonyl (C=O) groups is 1. The number of halogens is 4. The minimum absolute atomic E-state index is 0. The molecule has 28 heavy (non-hydrogen) atoms. The van der Waals surface area contributed by atoms with E-state index in [-0.39, 0.29) is 42.5 Å². The first-order valence-corrected chi connectivity index (χ1v) is 8.11. The lowest BCUT2D eigenvalue weighted by molar-refractivity contribution is -0.157. The largest absolute Gasteiger partial charge is 0.497 e. The SMILES string of the molecule is CN=C(NCC(=O)N(C)CC(F)(F)F)NC(C)c1cc(OC)ccc1OC.I. The molecule has 0 radical (unpaired) electrons. The predicted molar refractivity (Wildman–Crippen MR) is 112 cm³/mol. The standard InChI is InChI=1S/C17H25F3N4O3.HI/c1-11(13-8-12(26-4)6-7-14(13)27-5)23-16(21-2)22-9-15(25)24(3)10-17(18,19)20;/h6-8,11H,9-10H2,1-5H3,(H2,21,22,23);1H. The van der Waals surface area contributed by atoms with Crippen LogP contribution < -0.4 is 20.1 Å². The molecule has 0 saturated heterocycles. The van der Waals surface area contributed by atoms with Crippen molar-refractivity contribution in [3.63, 3.8) is 0 Å². The fraction of sp³-hybridized carbons (Fsp3) is 0.529. The number of alkyl halides is 3. The van der Waals surface area contributed by atoms with Gasteiger partial charge in [0.1, 0.15) is 18.0 Å². The Morgan fingerprint density at radius 1 is 1.29 bits per heavy atom. The van der Waals surface area contributed by atoms with Gasteiger partial charge in [-0.25, -0.2) is 0 Å². The number of nitrogens with zero attached hydrogens (tertiary/aromatic N) is 2. The number of amides is 1. The fourth-order valence-corrected chi connectivity index (χ4v) is 2.31. The molecule has 0 aliphatic heterocycles. The molecule has 1 amide bonds. The highest BCUT2D eigenvalue weighted by Crippen LogP contribution is 2.29. The number of likely N-dealkylation sites (N-methyl/N-ethyl adjacent to an activating group) is 1. The smallest absolute Gasteiger partial charge is 0.406 e. The Bertz CT molecular complexity index is 672. The summed E-state index contributed by atoms with van der Waals surface area (Å²) in [6.45, 7) is 0.215. The number of ether oxygens (including phenoxy) is 2. The quantitative estimate of drug-likeness (QED) is 0.330. The number of carbonyl (C=O) groups excluding carboxylic acids is 1. The molecule has 1 unspecified atom stereocenters. The zero-order chi connectivity index (χ0) is 20.6. The number of hydrogen-bond acceptors (Lipinski definition) is 4. The zero-order valence-electron chi connectivity index (χ0n) is 16.4. The van der Waals surface area contributed by atoms with E-state index in [1.54, 1.807) is 32.4 Å². The molecule has 11 heteroatoms. The topological polar surface area (TPSA) is 75.2 Å². The van der Waals surface area contributed by atoms with Gasteiger partial charge >= 0.3 is 6.18 Å². The Hall–Kier alpha value is -1.92. The second-order valence-electron chi connectivity index (χ2n) is 5.76. The molecule has 0 aliphatic rings. The van der Waals surface area contributed by atoms with Crippen molar-refractivity contribution in [1.82, 2.24) is 15.5 Å². The molecular weight excluding hydrogens is 492 g/mol. The van der Waals surface area contributed by atoms with Gasteiger partial charge in [-0.05, 0) is 25.1 Å². The van der Waals surface area contributed by atoms with Crippen molar-refractivity contribution in [2.24, 2.45) is 4.99 Å². The van der Waals surface area contributed by atoms with E-state index < -0.39 is 18.6 Å². The van der Waals surface area contributed by atoms with E-state index in [0.717, 1.165) is 12.6 Å². The first kappa shape index (κ1) is 26.1. The molecule has 0 spiro atoms. The fourth-order valence-electron chi connectivity index (χ4n) is 2.31. The molecule has 1 rings (SSSR count). The van der Waals surface area contributed by atoms with Crippen LogP contribution in [0.1, 0.15) is 18.5 Å². The third-order valence-corrected chi connectivity index (χ3v) is 3.73. The summed E-state index contributed by atoms with van der Waals surface area (Å²) in [5.74, 6) is 0.835. The Balaban J connectivity index is 0.00000729. The summed E-state index contributed by atoms with van der Waals surface area (Å²) in [6, 6.07) is 5.05. The predicted octanol–water partition coefficient (Wildman–Crippen LogP) is 2.57. The van der Waals surface area contributed by atoms with E-state index >= 15 is 0 Å². The molecule has 0 heterocycles. The number of methoxy groups -OCH3 is 2. The Labute approximate surface area is 179 Å². The van der Waals surface area contributed by atoms with Crippen molar-refractivity contribution in [2.45, 2.75) is 19.1 Å². The number of aliphatic imine (C=N–C) groups is 1. The van der Waals surface area contributed by atoms with E-state index in [4.69, 9.17) is 9.47 Å². The van der Waals surface area contributed by atoms with Crippen molar-refractivity contribution in [1.29, 1.82) is 0 Å². The summed E-state index contributed by atoms with van der Waals surface area (Å²) in [7, 11) is 5.68. The molecule has 2 N–H and O–H groups in total. The van der Waals surface area contributed by atoms with E-state index in [1.807, 2.05) is 6.92 Å². The average Bonchev–Trinajstić information content (AvgIpc) is 2.62. The molecule has 0 saturated carbocycles. The van der Waals surface area contributed by atoms with Crippen LogP contribution in [0, 0.1) is 0 Å². The molecule has 0 aliphatic carbocycles. The van der Waals surface area contributed by atoms with Crippen molar-refractivity contribution in [2.75, 3.05) is 41.4 Å². The van der Waals surface area contributed by atoms with Crippen LogP contribution in [0.15, 0.2) is 23.2 Å². The van der Waals surface area contributed by atoms with Crippen LogP contribution in [0.3, 0.4) is 0 Å². The third kappa shape index (κ3) is 8.40. The summed E-state index contributed by atoms with van der Waals surface area (Å²) in [6.07, 6.45) is -4.44. The highest BCUT2D eigenvalue weighted by Gasteiger charge is 2.31. The van der Waals surface area contributed by atoms with Crippen molar-refractivity contribution in [3.05, 3.63) is 23.8 Å². The maximum Gasteiger partial charge on any atom is 0.406 e. The van der Waals surface area contributed by atoms with Crippen LogP contribution >= 0.6 is 24.0 Å². The lowest BCUT2D eigenvalue weighted by Gasteiger charge is -2.22. The molecule has 1 aromatic carbocycles. The molecule has 0 bridgehead atoms. The lowest BCUT2D eigenvalue weighted by Crippen LogP contribution is -2.46. The van der Waals surface area contributed by atoms with Gasteiger partial charge in [0.25, 0.3) is 0 Å². The van der Waals surface area contributed by atoms with Gasteiger partial charge in [0.2, 0.25) is 5.91 Å². The maximum atomic E-state index is 12.4. The third-order valence-electron chi connectivity index (χ3n) is 3.73. The summed E-state index contributed by atoms with van der Waals surface area (Å²) in [5, 5.41) is 5.77. The first-order chi connectivity index (χ1) is 12.6. The Morgan fingerprint density at radius 3 is 2.43 bits per heavy atom. The lowest BCUT2D eigenvalue weighted by atomic mass is 10.1. The van der Waals surface area contributed by atoms with Gasteiger partial charge in [0, 0.05) is 19.7 Å². The van der Waals surface area contributed by atoms with Gasteiger partial charge in [-0.3, -0.25) is 9.79 Å². The number of hydrogen-bond donors (Lipinski definition) is 2. The van der Waals surface area contributed by atoms with E-state index in [2.05, 4.69) is 15.6 Å². The van der Waals surface area contributed by atoms with Crippen LogP contribution in [0.2, 0.25) is 0 Å². The van der Waals surface area contributed by atoms with Crippen LogP contribution in [-0.4, -0.2) is 64.3 Å². The van der Waals surface area contributed by atoms with Crippen molar-refractivity contribution >= 4 is 35.8 Å². The molecular formula is C17H26F3IN4O3. The van der Waals surface area contributed by atoms with Gasteiger partial charge in [-0.2, -0.15) is 13.2 Å². The average molecular weight is 518 g/mol. The number of rotatable bonds is 7. The minimum atomic E-state index is -4.44. The normalized spacial score (nSPS) is 12.5. The Morgan fingerprint density at radius 2 is 1.93 bits per heavy atom. The van der Waals surface area contributed by atoms with E-state index in [0.29, 0.717) is 16.4 Å². The molecule has 0 aromatic heterocycles. The van der Waals surface area contributed by atoms with Gasteiger partial charge in [-0.15, -0.1) is 24.0 Å². The van der Waals surface area contributed by atoms with Crippen molar-refractivity contribution in [3.8, 4) is 11.5 Å². The number of guanidine groups is 1. The van der Waals surface area contributed by atoms with Crippen molar-refractivity contribution < 1.29 is 27.4 Å². The van der Waals surface area contributed by atoms with Crippen LogP contribution in [0.25, 0.3) is 0 Å². The summed E-state index contributed by atoms with van der Waals surface area (Å²) in [5.41, 5.74) is 0.792. The number of benzene rings is 1. The minimum Gasteiger partial charge on any atom is -0.497 e. The Kier molecular flexibility index (Phi) is 11.0. The summed E-state index contributed by atoms with van der Waals surface area (Å²) < 4.78 is 47.6. The second kappa shape index (κ2) is 11.8. The molecule has 1 atom stereocenters. The van der Waals surface area contributed by atoms with Gasteiger partial charge in [0.15, 0.2) is 5.96 Å². The van der Waals surface area contributed by atoms with Crippen LogP contribution in [0.5, 0.6) is 11.5 Å². The monoisotopic (exact) mass is 518 g/mol. The molecule has 7 nitrogen and oxygen atoms in total. The summed E-state index contributed by atoms with van der Waals surface area (Å²) in [4.78, 5) is 16.4. The number of nitrogens with one attached hydrogen (secondary N) is 2. The molecule has 0 fully saturated rings. The molecule has 1 aromatic rings. The zero-order valence-corrected chi connectivity index (χ0v) is 18.7. The van der Waals surface area contributed by atoms with Crippen LogP contribution in [-0.2, 0) is 4.79 Å². The highest BCUT2D eigenvalue weighted by molar-refractivity contribution is 14.0. The van der Waals surface area contributed by atoms with Gasteiger partial charge < -0.3 is 25.0 Å². The van der Waals surface area contributed by atoms with Gasteiger partial charge in [0.05, 0.1) is 26.8 Å². The van der Waals surface area contributed by atoms with E-state index in [9.17, 15) is 18.0 Å². The maximum absolute atomic E-state index is 12.4. The highest BCUT2D eigenvalue weighted by atomic mass is 127. The van der Waals surface area contributed by atoms with E-state index in [1.165, 1.54) is 7.05 Å². The molecule has 160 valence electrons. The van der Waals surface area contributed by atoms with Gasteiger partial charge in [-0.1, -0.05) is 0 Å². The van der Waals surface area contributed by atoms with Crippen LogP contribution in [0.4, 0.5) is 13.2 Å². The first-order valence-electron chi connectivity index (χ1n) is 8.11.